The molecule has 0 spiro atoms. The number of ether oxygens (including phenoxy) is 1. The molecule has 27 heavy (non-hydrogen) atoms. The molecule has 0 saturated carbocycles. The molecule has 0 unspecified atom stereocenters. The van der Waals surface area contributed by atoms with E-state index in [1.165, 1.54) is 28.0 Å². The second-order valence-corrected chi connectivity index (χ2v) is 6.98. The van der Waals surface area contributed by atoms with Gasteiger partial charge in [0.15, 0.2) is 5.82 Å². The molecule has 0 bridgehead atoms. The van der Waals surface area contributed by atoms with Crippen LogP contribution in [0.3, 0.4) is 0 Å². The van der Waals surface area contributed by atoms with E-state index in [0.29, 0.717) is 27.5 Å². The number of halogens is 1. The van der Waals surface area contributed by atoms with Crippen LogP contribution in [0, 0.1) is 5.82 Å². The number of rotatable bonds is 5. The zero-order valence-electron chi connectivity index (χ0n) is 14.6. The number of thiazole rings is 1. The number of nitrogens with zero attached hydrogens (tertiary/aromatic N) is 3. The lowest BCUT2D eigenvalue weighted by atomic mass is 10.2. The van der Waals surface area contributed by atoms with Crippen LogP contribution in [0.15, 0.2) is 53.3 Å². The number of benzene rings is 2. The van der Waals surface area contributed by atoms with Gasteiger partial charge in [-0.15, -0.1) is 5.10 Å². The zero-order valence-corrected chi connectivity index (χ0v) is 15.4. The van der Waals surface area contributed by atoms with Crippen LogP contribution in [0.4, 0.5) is 4.39 Å². The van der Waals surface area contributed by atoms with Gasteiger partial charge < -0.3 is 4.74 Å². The first-order chi connectivity index (χ1) is 13.1. The van der Waals surface area contributed by atoms with E-state index < -0.39 is 0 Å². The second-order valence-electron chi connectivity index (χ2n) is 5.97. The minimum absolute atomic E-state index is 0.263. The second kappa shape index (κ2) is 7.28. The van der Waals surface area contributed by atoms with E-state index in [0.717, 1.165) is 17.7 Å². The van der Waals surface area contributed by atoms with E-state index in [2.05, 4.69) is 17.0 Å². The van der Waals surface area contributed by atoms with Crippen molar-refractivity contribution in [3.63, 3.8) is 0 Å². The molecule has 5 nitrogen and oxygen atoms in total. The van der Waals surface area contributed by atoms with Crippen molar-refractivity contribution < 1.29 is 9.13 Å². The minimum Gasteiger partial charge on any atom is -0.494 e. The summed E-state index contributed by atoms with van der Waals surface area (Å²) in [6.45, 7) is 2.72. The standard InChI is InChI=1S/C20H16FN3O2S/c1-2-10-26-16-8-6-14(7-9-16)18-22-20-24(23-18)19(25)17(27-20)12-13-4-3-5-15(21)11-13/h3-9,11-12H,2,10H2,1H3/b17-12-. The molecule has 2 aromatic carbocycles. The Morgan fingerprint density at radius 3 is 2.74 bits per heavy atom. The van der Waals surface area contributed by atoms with Crippen molar-refractivity contribution in [3.05, 3.63) is 74.8 Å². The van der Waals surface area contributed by atoms with Crippen LogP contribution in [0.5, 0.6) is 5.75 Å². The molecule has 0 atom stereocenters. The summed E-state index contributed by atoms with van der Waals surface area (Å²) >= 11 is 1.23. The van der Waals surface area contributed by atoms with Gasteiger partial charge in [-0.25, -0.2) is 4.39 Å². The molecule has 0 aliphatic heterocycles. The summed E-state index contributed by atoms with van der Waals surface area (Å²) in [4.78, 5) is 17.5. The summed E-state index contributed by atoms with van der Waals surface area (Å²) in [5, 5.41) is 4.32. The summed E-state index contributed by atoms with van der Waals surface area (Å²) in [6, 6.07) is 13.6. The van der Waals surface area contributed by atoms with Gasteiger partial charge in [-0.1, -0.05) is 30.4 Å². The summed E-state index contributed by atoms with van der Waals surface area (Å²) in [6.07, 6.45) is 2.59. The van der Waals surface area contributed by atoms with Crippen LogP contribution in [0.2, 0.25) is 0 Å². The Balaban J connectivity index is 1.67. The normalized spacial score (nSPS) is 12.0. The maximum atomic E-state index is 13.3. The summed E-state index contributed by atoms with van der Waals surface area (Å²) in [7, 11) is 0. The average Bonchev–Trinajstić information content (AvgIpc) is 3.20. The largest absolute Gasteiger partial charge is 0.494 e. The topological polar surface area (TPSA) is 56.5 Å². The van der Waals surface area contributed by atoms with E-state index in [4.69, 9.17) is 4.74 Å². The van der Waals surface area contributed by atoms with E-state index in [1.54, 1.807) is 18.2 Å². The fourth-order valence-electron chi connectivity index (χ4n) is 2.62. The maximum Gasteiger partial charge on any atom is 0.291 e. The Labute approximate surface area is 158 Å². The van der Waals surface area contributed by atoms with Crippen molar-refractivity contribution >= 4 is 22.4 Å². The van der Waals surface area contributed by atoms with Gasteiger partial charge in [-0.05, 0) is 54.5 Å². The molecule has 0 aliphatic carbocycles. The molecule has 2 aromatic heterocycles. The Morgan fingerprint density at radius 1 is 1.22 bits per heavy atom. The Bertz CT molecular complexity index is 1200. The molecule has 0 aliphatic rings. The van der Waals surface area contributed by atoms with Gasteiger partial charge in [-0.3, -0.25) is 4.79 Å². The third kappa shape index (κ3) is 3.59. The third-order valence-electron chi connectivity index (χ3n) is 3.91. The first-order valence-electron chi connectivity index (χ1n) is 8.54. The summed E-state index contributed by atoms with van der Waals surface area (Å²) < 4.78 is 20.6. The predicted octanol–water partition coefficient (Wildman–Crippen LogP) is 3.29. The Morgan fingerprint density at radius 2 is 2.04 bits per heavy atom. The summed E-state index contributed by atoms with van der Waals surface area (Å²) in [5.41, 5.74) is 1.17. The predicted molar refractivity (Wildman–Crippen MR) is 104 cm³/mol. The van der Waals surface area contributed by atoms with Crippen molar-refractivity contribution in [2.75, 3.05) is 6.61 Å². The van der Waals surface area contributed by atoms with Crippen LogP contribution in [0.1, 0.15) is 18.9 Å². The highest BCUT2D eigenvalue weighted by Crippen LogP contribution is 2.20. The number of hydrogen-bond donors (Lipinski definition) is 0. The lowest BCUT2D eigenvalue weighted by molar-refractivity contribution is 0.317. The SMILES string of the molecule is CCCOc1ccc(-c2nc3s/c(=C\c4cccc(F)c4)c(=O)n3n2)cc1. The van der Waals surface area contributed by atoms with Crippen molar-refractivity contribution in [2.45, 2.75) is 13.3 Å². The van der Waals surface area contributed by atoms with Crippen molar-refractivity contribution in [1.29, 1.82) is 0 Å². The minimum atomic E-state index is -0.343. The highest BCUT2D eigenvalue weighted by Gasteiger charge is 2.12. The van der Waals surface area contributed by atoms with Crippen molar-refractivity contribution in [3.8, 4) is 17.1 Å². The first-order valence-corrected chi connectivity index (χ1v) is 9.36. The lowest BCUT2D eigenvalue weighted by Crippen LogP contribution is -2.23. The zero-order chi connectivity index (χ0) is 18.8. The van der Waals surface area contributed by atoms with E-state index in [-0.39, 0.29) is 11.4 Å². The van der Waals surface area contributed by atoms with Gasteiger partial charge in [0.05, 0.1) is 11.1 Å². The smallest absolute Gasteiger partial charge is 0.291 e. The van der Waals surface area contributed by atoms with Gasteiger partial charge >= 0.3 is 0 Å². The van der Waals surface area contributed by atoms with Gasteiger partial charge in [0.1, 0.15) is 11.6 Å². The van der Waals surface area contributed by atoms with E-state index >= 15 is 0 Å². The molecule has 2 heterocycles. The molecule has 0 saturated heterocycles. The van der Waals surface area contributed by atoms with Crippen molar-refractivity contribution in [1.82, 2.24) is 14.6 Å². The van der Waals surface area contributed by atoms with Crippen LogP contribution in [0.25, 0.3) is 22.4 Å². The number of fused-ring (bicyclic) bond motifs is 1. The molecule has 136 valence electrons. The molecular formula is C20H16FN3O2S. The molecular weight excluding hydrogens is 365 g/mol. The molecule has 0 fully saturated rings. The van der Waals surface area contributed by atoms with E-state index in [1.807, 2.05) is 24.3 Å². The average molecular weight is 381 g/mol. The molecule has 7 heteroatoms. The van der Waals surface area contributed by atoms with Gasteiger partial charge in [0.2, 0.25) is 4.96 Å². The van der Waals surface area contributed by atoms with Crippen LogP contribution >= 0.6 is 11.3 Å². The van der Waals surface area contributed by atoms with Gasteiger partial charge in [0.25, 0.3) is 5.56 Å². The third-order valence-corrected chi connectivity index (χ3v) is 4.87. The Hall–Kier alpha value is -3.06. The molecule has 0 amide bonds. The maximum absolute atomic E-state index is 13.3. The molecule has 0 radical (unpaired) electrons. The van der Waals surface area contributed by atoms with Gasteiger partial charge in [-0.2, -0.15) is 9.50 Å². The quantitative estimate of drug-likeness (QED) is 0.532. The fourth-order valence-corrected chi connectivity index (χ4v) is 3.53. The molecule has 4 aromatic rings. The monoisotopic (exact) mass is 381 g/mol. The Kier molecular flexibility index (Phi) is 4.68. The summed E-state index contributed by atoms with van der Waals surface area (Å²) in [5.74, 6) is 0.931. The molecule has 4 rings (SSSR count). The van der Waals surface area contributed by atoms with Crippen LogP contribution in [-0.4, -0.2) is 21.2 Å². The first kappa shape index (κ1) is 17.4. The lowest BCUT2D eigenvalue weighted by Gasteiger charge is -2.04. The number of aromatic nitrogens is 3. The van der Waals surface area contributed by atoms with Crippen molar-refractivity contribution in [2.24, 2.45) is 0 Å². The molecule has 0 N–H and O–H groups in total. The van der Waals surface area contributed by atoms with Crippen LogP contribution < -0.4 is 14.8 Å². The highest BCUT2D eigenvalue weighted by molar-refractivity contribution is 7.15. The van der Waals surface area contributed by atoms with E-state index in [9.17, 15) is 9.18 Å². The number of hydrogen-bond acceptors (Lipinski definition) is 5. The fraction of sp³-hybridized carbons (Fsp3) is 0.150. The van der Waals surface area contributed by atoms with Crippen LogP contribution in [-0.2, 0) is 0 Å². The van der Waals surface area contributed by atoms with Gasteiger partial charge in [0, 0.05) is 5.56 Å². The highest BCUT2D eigenvalue weighted by atomic mass is 32.1.